The summed E-state index contributed by atoms with van der Waals surface area (Å²) in [4.78, 5) is 2.42. The quantitative estimate of drug-likeness (QED) is 0.907. The number of hydrogen-bond donors (Lipinski definition) is 1. The highest BCUT2D eigenvalue weighted by Gasteiger charge is 2.23. The number of likely N-dealkylation sites (tertiary alicyclic amines) is 1. The van der Waals surface area contributed by atoms with Crippen LogP contribution in [-0.4, -0.2) is 40.9 Å². The minimum atomic E-state index is 0.0685. The van der Waals surface area contributed by atoms with Crippen LogP contribution in [0.1, 0.15) is 39.7 Å². The third-order valence-electron chi connectivity index (χ3n) is 4.00. The van der Waals surface area contributed by atoms with Crippen molar-refractivity contribution in [2.75, 3.05) is 20.1 Å². The fourth-order valence-electron chi connectivity index (χ4n) is 2.72. The van der Waals surface area contributed by atoms with Crippen LogP contribution in [0.15, 0.2) is 12.4 Å². The molecule has 108 valence electrons. The van der Waals surface area contributed by atoms with Gasteiger partial charge in [0.2, 0.25) is 0 Å². The summed E-state index contributed by atoms with van der Waals surface area (Å²) in [6.45, 7) is 12.2. The molecule has 0 aromatic carbocycles. The van der Waals surface area contributed by atoms with Crippen molar-refractivity contribution in [3.63, 3.8) is 0 Å². The zero-order valence-corrected chi connectivity index (χ0v) is 13.0. The molecule has 1 aromatic heterocycles. The maximum atomic E-state index is 4.45. The molecule has 1 aliphatic rings. The van der Waals surface area contributed by atoms with Crippen molar-refractivity contribution >= 4 is 0 Å². The lowest BCUT2D eigenvalue weighted by Gasteiger charge is -2.35. The Kier molecular flexibility index (Phi) is 4.31. The molecule has 0 amide bonds. The van der Waals surface area contributed by atoms with Gasteiger partial charge in [-0.05, 0) is 46.7 Å². The third kappa shape index (κ3) is 3.80. The molecule has 1 saturated heterocycles. The van der Waals surface area contributed by atoms with E-state index in [9.17, 15) is 0 Å². The summed E-state index contributed by atoms with van der Waals surface area (Å²) < 4.78 is 2.04. The molecule has 0 spiro atoms. The minimum Gasteiger partial charge on any atom is -0.309 e. The van der Waals surface area contributed by atoms with E-state index in [1.807, 2.05) is 10.9 Å². The van der Waals surface area contributed by atoms with Crippen molar-refractivity contribution in [1.29, 1.82) is 0 Å². The fraction of sp³-hybridized carbons (Fsp3) is 0.800. The van der Waals surface area contributed by atoms with Crippen LogP contribution in [0.25, 0.3) is 0 Å². The van der Waals surface area contributed by atoms with Gasteiger partial charge in [-0.25, -0.2) is 0 Å². The second kappa shape index (κ2) is 5.63. The third-order valence-corrected chi connectivity index (χ3v) is 4.00. The van der Waals surface area contributed by atoms with Crippen LogP contribution >= 0.6 is 0 Å². The van der Waals surface area contributed by atoms with Gasteiger partial charge in [-0.1, -0.05) is 6.92 Å². The van der Waals surface area contributed by atoms with Gasteiger partial charge in [0.25, 0.3) is 0 Å². The second-order valence-electron chi connectivity index (χ2n) is 6.98. The first-order valence-electron chi connectivity index (χ1n) is 7.32. The lowest BCUT2D eigenvalue weighted by molar-refractivity contribution is 0.174. The van der Waals surface area contributed by atoms with Crippen molar-refractivity contribution in [1.82, 2.24) is 20.0 Å². The smallest absolute Gasteiger partial charge is 0.0543 e. The first-order valence-corrected chi connectivity index (χ1v) is 7.32. The Labute approximate surface area is 117 Å². The predicted molar refractivity (Wildman–Crippen MR) is 79.1 cm³/mol. The van der Waals surface area contributed by atoms with Gasteiger partial charge in [0, 0.05) is 30.9 Å². The van der Waals surface area contributed by atoms with Gasteiger partial charge in [0.05, 0.1) is 11.7 Å². The van der Waals surface area contributed by atoms with Crippen LogP contribution in [0, 0.1) is 5.92 Å². The second-order valence-corrected chi connectivity index (χ2v) is 6.98. The van der Waals surface area contributed by atoms with E-state index in [0.29, 0.717) is 6.04 Å². The average Bonchev–Trinajstić information content (AvgIpc) is 2.76. The van der Waals surface area contributed by atoms with Crippen LogP contribution in [0.3, 0.4) is 0 Å². The molecule has 2 heterocycles. The molecular formula is C15H28N4. The summed E-state index contributed by atoms with van der Waals surface area (Å²) in [6, 6.07) is 0.634. The van der Waals surface area contributed by atoms with Gasteiger partial charge in [-0.15, -0.1) is 0 Å². The van der Waals surface area contributed by atoms with E-state index in [1.165, 1.54) is 25.1 Å². The predicted octanol–water partition coefficient (Wildman–Crippen LogP) is 2.07. The number of rotatable bonds is 3. The molecular weight excluding hydrogens is 236 g/mol. The molecule has 1 N–H and O–H groups in total. The number of hydrogen-bond acceptors (Lipinski definition) is 3. The van der Waals surface area contributed by atoms with Crippen LogP contribution in [0.5, 0.6) is 0 Å². The molecule has 2 unspecified atom stereocenters. The highest BCUT2D eigenvalue weighted by atomic mass is 15.3. The normalized spacial score (nSPS) is 25.7. The molecule has 0 radical (unpaired) electrons. The summed E-state index contributed by atoms with van der Waals surface area (Å²) in [5.41, 5.74) is 1.35. The number of nitrogens with one attached hydrogen (secondary N) is 1. The molecule has 2 rings (SSSR count). The Bertz CT molecular complexity index is 405. The molecule has 4 heteroatoms. The van der Waals surface area contributed by atoms with Gasteiger partial charge in [0.15, 0.2) is 0 Å². The van der Waals surface area contributed by atoms with E-state index in [1.54, 1.807) is 0 Å². The molecule has 0 bridgehead atoms. The van der Waals surface area contributed by atoms with E-state index in [4.69, 9.17) is 0 Å². The van der Waals surface area contributed by atoms with Crippen molar-refractivity contribution in [3.05, 3.63) is 18.0 Å². The van der Waals surface area contributed by atoms with Gasteiger partial charge >= 0.3 is 0 Å². The Morgan fingerprint density at radius 3 is 2.74 bits per heavy atom. The molecule has 0 saturated carbocycles. The topological polar surface area (TPSA) is 33.1 Å². The Balaban J connectivity index is 1.87. The summed E-state index contributed by atoms with van der Waals surface area (Å²) >= 11 is 0. The summed E-state index contributed by atoms with van der Waals surface area (Å²) in [7, 11) is 2.21. The van der Waals surface area contributed by atoms with Crippen LogP contribution in [-0.2, 0) is 12.1 Å². The molecule has 1 aromatic rings. The number of aromatic nitrogens is 2. The van der Waals surface area contributed by atoms with E-state index >= 15 is 0 Å². The maximum Gasteiger partial charge on any atom is 0.0543 e. The highest BCUT2D eigenvalue weighted by Crippen LogP contribution is 2.17. The maximum absolute atomic E-state index is 4.45. The zero-order chi connectivity index (χ0) is 14.0. The standard InChI is InChI=1S/C15H28N4/c1-12-10-18(5)7-6-14(12)16-8-13-9-17-19(11-13)15(2,3)4/h9,11-12,14,16H,6-8,10H2,1-5H3. The van der Waals surface area contributed by atoms with E-state index < -0.39 is 0 Å². The van der Waals surface area contributed by atoms with Crippen molar-refractivity contribution in [3.8, 4) is 0 Å². The Hall–Kier alpha value is -0.870. The van der Waals surface area contributed by atoms with Gasteiger partial charge < -0.3 is 10.2 Å². The van der Waals surface area contributed by atoms with Crippen molar-refractivity contribution < 1.29 is 0 Å². The fourth-order valence-corrected chi connectivity index (χ4v) is 2.72. The lowest BCUT2D eigenvalue weighted by Crippen LogP contribution is -2.46. The number of nitrogens with zero attached hydrogens (tertiary/aromatic N) is 3. The summed E-state index contributed by atoms with van der Waals surface area (Å²) in [5, 5.41) is 8.14. The van der Waals surface area contributed by atoms with Crippen LogP contribution in [0.4, 0.5) is 0 Å². The first kappa shape index (κ1) is 14.5. The first-order chi connectivity index (χ1) is 8.86. The SMILES string of the molecule is CC1CN(C)CCC1NCc1cnn(C(C)(C)C)c1. The molecule has 1 fully saturated rings. The molecule has 1 aliphatic heterocycles. The molecule has 19 heavy (non-hydrogen) atoms. The van der Waals surface area contributed by atoms with Crippen LogP contribution < -0.4 is 5.32 Å². The Morgan fingerprint density at radius 2 is 2.16 bits per heavy atom. The van der Waals surface area contributed by atoms with Gasteiger partial charge in [-0.3, -0.25) is 4.68 Å². The van der Waals surface area contributed by atoms with Crippen molar-refractivity contribution in [2.45, 2.75) is 52.2 Å². The molecule has 2 atom stereocenters. The number of piperidine rings is 1. The molecule has 4 nitrogen and oxygen atoms in total. The zero-order valence-electron chi connectivity index (χ0n) is 13.0. The van der Waals surface area contributed by atoms with Gasteiger partial charge in [-0.2, -0.15) is 5.10 Å². The Morgan fingerprint density at radius 1 is 1.42 bits per heavy atom. The lowest BCUT2D eigenvalue weighted by atomic mass is 9.94. The van der Waals surface area contributed by atoms with Gasteiger partial charge in [0.1, 0.15) is 0 Å². The summed E-state index contributed by atoms with van der Waals surface area (Å²) in [6.07, 6.45) is 5.38. The minimum absolute atomic E-state index is 0.0685. The highest BCUT2D eigenvalue weighted by molar-refractivity contribution is 5.05. The van der Waals surface area contributed by atoms with E-state index in [-0.39, 0.29) is 5.54 Å². The van der Waals surface area contributed by atoms with E-state index in [0.717, 1.165) is 12.5 Å². The van der Waals surface area contributed by atoms with Crippen molar-refractivity contribution in [2.24, 2.45) is 5.92 Å². The van der Waals surface area contributed by atoms with E-state index in [2.05, 4.69) is 56.3 Å². The largest absolute Gasteiger partial charge is 0.309 e. The summed E-state index contributed by atoms with van der Waals surface area (Å²) in [5.74, 6) is 0.719. The monoisotopic (exact) mass is 264 g/mol. The average molecular weight is 264 g/mol. The molecule has 0 aliphatic carbocycles. The van der Waals surface area contributed by atoms with Crippen LogP contribution in [0.2, 0.25) is 0 Å².